The Morgan fingerprint density at radius 3 is 2.67 bits per heavy atom. The van der Waals surface area contributed by atoms with Crippen molar-refractivity contribution in [1.82, 2.24) is 4.90 Å². The summed E-state index contributed by atoms with van der Waals surface area (Å²) in [6, 6.07) is 14.3. The van der Waals surface area contributed by atoms with Crippen molar-refractivity contribution in [2.75, 3.05) is 19.8 Å². The summed E-state index contributed by atoms with van der Waals surface area (Å²) in [5.41, 5.74) is 0. The molecule has 0 radical (unpaired) electrons. The van der Waals surface area contributed by atoms with Crippen LogP contribution < -0.4 is 4.74 Å². The van der Waals surface area contributed by atoms with E-state index in [1.54, 1.807) is 0 Å². The Morgan fingerprint density at radius 1 is 1.11 bits per heavy atom. The quantitative estimate of drug-likeness (QED) is 0.712. The SMILES string of the molecule is CC(C)[C@H](C)OC[C@@H]1CCCCN1C(=O)COc1ccc2ccccc2c1. The van der Waals surface area contributed by atoms with Gasteiger partial charge < -0.3 is 14.4 Å². The van der Waals surface area contributed by atoms with Gasteiger partial charge in [-0.05, 0) is 55.0 Å². The molecule has 0 saturated carbocycles. The van der Waals surface area contributed by atoms with Crippen LogP contribution in [0.3, 0.4) is 0 Å². The fourth-order valence-corrected chi connectivity index (χ4v) is 3.44. The van der Waals surface area contributed by atoms with Crippen LogP contribution >= 0.6 is 0 Å². The molecule has 1 fully saturated rings. The second-order valence-electron chi connectivity index (χ2n) is 7.82. The Morgan fingerprint density at radius 2 is 1.89 bits per heavy atom. The van der Waals surface area contributed by atoms with Crippen LogP contribution in [0, 0.1) is 5.92 Å². The van der Waals surface area contributed by atoms with Gasteiger partial charge in [0.25, 0.3) is 5.91 Å². The third-order valence-electron chi connectivity index (χ3n) is 5.52. The molecule has 27 heavy (non-hydrogen) atoms. The summed E-state index contributed by atoms with van der Waals surface area (Å²) in [7, 11) is 0. The van der Waals surface area contributed by atoms with Gasteiger partial charge in [0.15, 0.2) is 6.61 Å². The topological polar surface area (TPSA) is 38.8 Å². The molecule has 0 N–H and O–H groups in total. The fourth-order valence-electron chi connectivity index (χ4n) is 3.44. The van der Waals surface area contributed by atoms with Gasteiger partial charge in [-0.25, -0.2) is 0 Å². The highest BCUT2D eigenvalue weighted by molar-refractivity contribution is 5.84. The van der Waals surface area contributed by atoms with Crippen LogP contribution in [0.1, 0.15) is 40.0 Å². The summed E-state index contributed by atoms with van der Waals surface area (Å²) in [5.74, 6) is 1.27. The molecule has 1 heterocycles. The number of carbonyl (C=O) groups excluding carboxylic acids is 1. The average Bonchev–Trinajstić information content (AvgIpc) is 2.70. The van der Waals surface area contributed by atoms with Crippen LogP contribution in [-0.4, -0.2) is 42.7 Å². The van der Waals surface area contributed by atoms with Crippen molar-refractivity contribution in [3.63, 3.8) is 0 Å². The van der Waals surface area contributed by atoms with Crippen LogP contribution in [-0.2, 0) is 9.53 Å². The van der Waals surface area contributed by atoms with E-state index in [1.807, 2.05) is 35.2 Å². The van der Waals surface area contributed by atoms with E-state index in [2.05, 4.69) is 32.9 Å². The van der Waals surface area contributed by atoms with Crippen molar-refractivity contribution >= 4 is 16.7 Å². The highest BCUT2D eigenvalue weighted by Gasteiger charge is 2.27. The molecule has 0 unspecified atom stereocenters. The molecule has 0 aromatic heterocycles. The highest BCUT2D eigenvalue weighted by atomic mass is 16.5. The number of rotatable bonds is 7. The van der Waals surface area contributed by atoms with Gasteiger partial charge in [-0.15, -0.1) is 0 Å². The third kappa shape index (κ3) is 5.23. The summed E-state index contributed by atoms with van der Waals surface area (Å²) in [4.78, 5) is 14.7. The van der Waals surface area contributed by atoms with Gasteiger partial charge in [0, 0.05) is 6.54 Å². The molecule has 0 aliphatic carbocycles. The molecule has 1 amide bonds. The number of hydrogen-bond acceptors (Lipinski definition) is 3. The van der Waals surface area contributed by atoms with Crippen molar-refractivity contribution < 1.29 is 14.3 Å². The average molecular weight is 370 g/mol. The largest absolute Gasteiger partial charge is 0.484 e. The summed E-state index contributed by atoms with van der Waals surface area (Å²) < 4.78 is 11.8. The molecule has 4 nitrogen and oxygen atoms in total. The Kier molecular flexibility index (Phi) is 6.73. The van der Waals surface area contributed by atoms with Crippen LogP contribution in [0.15, 0.2) is 42.5 Å². The van der Waals surface area contributed by atoms with Crippen LogP contribution in [0.25, 0.3) is 10.8 Å². The molecule has 1 aliphatic heterocycles. The number of fused-ring (bicyclic) bond motifs is 1. The monoisotopic (exact) mass is 369 g/mol. The van der Waals surface area contributed by atoms with Gasteiger partial charge in [-0.3, -0.25) is 4.79 Å². The fraction of sp³-hybridized carbons (Fsp3) is 0.522. The Balaban J connectivity index is 1.57. The first-order valence-corrected chi connectivity index (χ1v) is 10.1. The minimum atomic E-state index is 0.0497. The van der Waals surface area contributed by atoms with Gasteiger partial charge in [-0.2, -0.15) is 0 Å². The zero-order chi connectivity index (χ0) is 19.2. The Labute approximate surface area is 162 Å². The Bertz CT molecular complexity index is 758. The summed E-state index contributed by atoms with van der Waals surface area (Å²) in [5, 5.41) is 2.29. The lowest BCUT2D eigenvalue weighted by molar-refractivity contribution is -0.139. The summed E-state index contributed by atoms with van der Waals surface area (Å²) in [6.45, 7) is 7.90. The van der Waals surface area contributed by atoms with Crippen LogP contribution in [0.2, 0.25) is 0 Å². The van der Waals surface area contributed by atoms with Gasteiger partial charge in [0.2, 0.25) is 0 Å². The molecule has 3 rings (SSSR count). The molecule has 2 aromatic rings. The summed E-state index contributed by atoms with van der Waals surface area (Å²) >= 11 is 0. The predicted molar refractivity (Wildman–Crippen MR) is 109 cm³/mol. The Hall–Kier alpha value is -2.07. The molecular formula is C23H31NO3. The maximum atomic E-state index is 12.8. The van der Waals surface area contributed by atoms with Crippen molar-refractivity contribution in [2.24, 2.45) is 5.92 Å². The van der Waals surface area contributed by atoms with Crippen molar-refractivity contribution in [1.29, 1.82) is 0 Å². The molecule has 2 aromatic carbocycles. The molecule has 0 bridgehead atoms. The first-order chi connectivity index (χ1) is 13.0. The number of hydrogen-bond donors (Lipinski definition) is 0. The lowest BCUT2D eigenvalue weighted by atomic mass is 10.0. The van der Waals surface area contributed by atoms with E-state index in [0.29, 0.717) is 12.5 Å². The van der Waals surface area contributed by atoms with Crippen LogP contribution in [0.4, 0.5) is 0 Å². The molecular weight excluding hydrogens is 338 g/mol. The number of piperidine rings is 1. The van der Waals surface area contributed by atoms with E-state index in [0.717, 1.165) is 36.9 Å². The normalized spacial score (nSPS) is 18.7. The van der Waals surface area contributed by atoms with Gasteiger partial charge in [0.05, 0.1) is 18.8 Å². The lowest BCUT2D eigenvalue weighted by Crippen LogP contribution is -2.48. The van der Waals surface area contributed by atoms with Crippen molar-refractivity contribution in [3.8, 4) is 5.75 Å². The molecule has 1 aliphatic rings. The second kappa shape index (κ2) is 9.23. The molecule has 1 saturated heterocycles. The van der Waals surface area contributed by atoms with Crippen LogP contribution in [0.5, 0.6) is 5.75 Å². The second-order valence-corrected chi connectivity index (χ2v) is 7.82. The van der Waals surface area contributed by atoms with E-state index in [-0.39, 0.29) is 24.7 Å². The van der Waals surface area contributed by atoms with E-state index < -0.39 is 0 Å². The smallest absolute Gasteiger partial charge is 0.260 e. The number of likely N-dealkylation sites (tertiary alicyclic amines) is 1. The number of nitrogens with zero attached hydrogens (tertiary/aromatic N) is 1. The lowest BCUT2D eigenvalue weighted by Gasteiger charge is -2.36. The van der Waals surface area contributed by atoms with E-state index >= 15 is 0 Å². The highest BCUT2D eigenvalue weighted by Crippen LogP contribution is 2.22. The first kappa shape index (κ1) is 19.7. The summed E-state index contributed by atoms with van der Waals surface area (Å²) in [6.07, 6.45) is 3.42. The number of benzene rings is 2. The molecule has 0 spiro atoms. The van der Waals surface area contributed by atoms with Crippen molar-refractivity contribution in [2.45, 2.75) is 52.2 Å². The van der Waals surface area contributed by atoms with E-state index in [9.17, 15) is 4.79 Å². The van der Waals surface area contributed by atoms with Crippen molar-refractivity contribution in [3.05, 3.63) is 42.5 Å². The van der Waals surface area contributed by atoms with Gasteiger partial charge in [0.1, 0.15) is 5.75 Å². The van der Waals surface area contributed by atoms with E-state index in [1.165, 1.54) is 5.39 Å². The molecule has 2 atom stereocenters. The number of ether oxygens (including phenoxy) is 2. The first-order valence-electron chi connectivity index (χ1n) is 10.1. The molecule has 146 valence electrons. The predicted octanol–water partition coefficient (Wildman–Crippen LogP) is 4.66. The number of amides is 1. The minimum Gasteiger partial charge on any atom is -0.484 e. The zero-order valence-electron chi connectivity index (χ0n) is 16.7. The van der Waals surface area contributed by atoms with Gasteiger partial charge in [-0.1, -0.05) is 44.2 Å². The maximum Gasteiger partial charge on any atom is 0.260 e. The number of carbonyl (C=O) groups is 1. The minimum absolute atomic E-state index is 0.0497. The van der Waals surface area contributed by atoms with Gasteiger partial charge >= 0.3 is 0 Å². The molecule has 4 heteroatoms. The van der Waals surface area contributed by atoms with E-state index in [4.69, 9.17) is 9.47 Å². The standard InChI is InChI=1S/C23H31NO3/c1-17(2)18(3)26-15-21-10-6-7-13-24(21)23(25)16-27-22-12-11-19-8-4-5-9-20(19)14-22/h4-5,8-9,11-12,14,17-18,21H,6-7,10,13,15-16H2,1-3H3/t18-,21-/m0/s1. The third-order valence-corrected chi connectivity index (χ3v) is 5.52. The maximum absolute atomic E-state index is 12.8. The zero-order valence-corrected chi connectivity index (χ0v) is 16.7.